The van der Waals surface area contributed by atoms with Crippen LogP contribution in [0.3, 0.4) is 0 Å². The lowest BCUT2D eigenvalue weighted by Crippen LogP contribution is -2.15. The van der Waals surface area contributed by atoms with Gasteiger partial charge < -0.3 is 0 Å². The summed E-state index contributed by atoms with van der Waals surface area (Å²) in [6.45, 7) is 2.22. The second-order valence-corrected chi connectivity index (χ2v) is 5.25. The van der Waals surface area contributed by atoms with Gasteiger partial charge in [-0.05, 0) is 42.7 Å². The van der Waals surface area contributed by atoms with Crippen molar-refractivity contribution in [3.05, 3.63) is 35.4 Å². The van der Waals surface area contributed by atoms with Crippen LogP contribution in [0.5, 0.6) is 0 Å². The first-order chi connectivity index (χ1) is 8.28. The molecule has 17 heavy (non-hydrogen) atoms. The molecule has 1 fully saturated rings. The number of carbonyl (C=O) groups excluding carboxylic acids is 1. The standard InChI is InChI=1S/C16H22O/c1-2-3-13-4-6-14(7-5-13)12-15-8-10-16(17)11-9-15/h4-7,15H,2-3,8-12H2,1H3. The molecule has 1 heteroatoms. The van der Waals surface area contributed by atoms with E-state index in [-0.39, 0.29) is 0 Å². The summed E-state index contributed by atoms with van der Waals surface area (Å²) in [5, 5.41) is 0. The molecule has 1 aliphatic carbocycles. The number of aryl methyl sites for hydroxylation is 1. The highest BCUT2D eigenvalue weighted by molar-refractivity contribution is 5.79. The molecule has 0 saturated heterocycles. The molecule has 2 rings (SSSR count). The van der Waals surface area contributed by atoms with E-state index in [1.807, 2.05) is 0 Å². The van der Waals surface area contributed by atoms with E-state index in [4.69, 9.17) is 0 Å². The largest absolute Gasteiger partial charge is 0.300 e. The first-order valence-electron chi connectivity index (χ1n) is 6.87. The SMILES string of the molecule is CCCc1ccc(CC2CCC(=O)CC2)cc1. The number of hydrogen-bond acceptors (Lipinski definition) is 1. The van der Waals surface area contributed by atoms with E-state index in [2.05, 4.69) is 31.2 Å². The van der Waals surface area contributed by atoms with Gasteiger partial charge in [-0.1, -0.05) is 37.6 Å². The van der Waals surface area contributed by atoms with E-state index < -0.39 is 0 Å². The zero-order chi connectivity index (χ0) is 12.1. The van der Waals surface area contributed by atoms with Crippen LogP contribution in [0.4, 0.5) is 0 Å². The fourth-order valence-corrected chi connectivity index (χ4v) is 2.67. The molecular formula is C16H22O. The van der Waals surface area contributed by atoms with Gasteiger partial charge in [0.25, 0.3) is 0 Å². The van der Waals surface area contributed by atoms with Crippen LogP contribution in [0.25, 0.3) is 0 Å². The van der Waals surface area contributed by atoms with Crippen molar-refractivity contribution in [2.75, 3.05) is 0 Å². The molecule has 1 nitrogen and oxygen atoms in total. The Morgan fingerprint density at radius 3 is 2.24 bits per heavy atom. The summed E-state index contributed by atoms with van der Waals surface area (Å²) in [4.78, 5) is 11.2. The predicted octanol–water partition coefficient (Wildman–Crippen LogP) is 3.94. The number of rotatable bonds is 4. The Kier molecular flexibility index (Phi) is 4.36. The number of benzene rings is 1. The van der Waals surface area contributed by atoms with Crippen molar-refractivity contribution in [2.45, 2.75) is 51.9 Å². The fourth-order valence-electron chi connectivity index (χ4n) is 2.67. The molecule has 0 aliphatic heterocycles. The lowest BCUT2D eigenvalue weighted by molar-refractivity contribution is -0.120. The minimum Gasteiger partial charge on any atom is -0.300 e. The van der Waals surface area contributed by atoms with Gasteiger partial charge in [-0.3, -0.25) is 4.79 Å². The van der Waals surface area contributed by atoms with E-state index in [1.54, 1.807) is 0 Å². The van der Waals surface area contributed by atoms with Crippen molar-refractivity contribution in [1.29, 1.82) is 0 Å². The second kappa shape index (κ2) is 6.00. The summed E-state index contributed by atoms with van der Waals surface area (Å²) >= 11 is 0. The van der Waals surface area contributed by atoms with Gasteiger partial charge in [0, 0.05) is 12.8 Å². The normalized spacial score (nSPS) is 17.4. The molecule has 0 bridgehead atoms. The fraction of sp³-hybridized carbons (Fsp3) is 0.562. The van der Waals surface area contributed by atoms with Crippen LogP contribution >= 0.6 is 0 Å². The van der Waals surface area contributed by atoms with Gasteiger partial charge in [0.1, 0.15) is 5.78 Å². The number of carbonyl (C=O) groups is 1. The molecule has 0 unspecified atom stereocenters. The van der Waals surface area contributed by atoms with Crippen LogP contribution in [0.1, 0.15) is 50.2 Å². The first-order valence-corrected chi connectivity index (χ1v) is 6.87. The quantitative estimate of drug-likeness (QED) is 0.765. The van der Waals surface area contributed by atoms with E-state index in [0.717, 1.165) is 38.0 Å². The molecule has 0 aromatic heterocycles. The van der Waals surface area contributed by atoms with E-state index in [0.29, 0.717) is 5.78 Å². The van der Waals surface area contributed by atoms with E-state index in [1.165, 1.54) is 24.0 Å². The maximum atomic E-state index is 11.2. The van der Waals surface area contributed by atoms with Gasteiger partial charge >= 0.3 is 0 Å². The average molecular weight is 230 g/mol. The molecule has 0 heterocycles. The lowest BCUT2D eigenvalue weighted by atomic mass is 9.84. The maximum absolute atomic E-state index is 11.2. The molecule has 0 radical (unpaired) electrons. The van der Waals surface area contributed by atoms with Gasteiger partial charge in [-0.25, -0.2) is 0 Å². The molecular weight excluding hydrogens is 208 g/mol. The molecule has 0 spiro atoms. The molecule has 92 valence electrons. The van der Waals surface area contributed by atoms with Crippen molar-refractivity contribution < 1.29 is 4.79 Å². The zero-order valence-corrected chi connectivity index (χ0v) is 10.7. The van der Waals surface area contributed by atoms with Crippen LogP contribution in [0.15, 0.2) is 24.3 Å². The maximum Gasteiger partial charge on any atom is 0.132 e. The molecule has 1 aromatic carbocycles. The van der Waals surface area contributed by atoms with Crippen molar-refractivity contribution in [2.24, 2.45) is 5.92 Å². The Balaban J connectivity index is 1.88. The summed E-state index contributed by atoms with van der Waals surface area (Å²) in [5.74, 6) is 1.18. The van der Waals surface area contributed by atoms with Crippen molar-refractivity contribution in [3.8, 4) is 0 Å². The van der Waals surface area contributed by atoms with Crippen molar-refractivity contribution in [1.82, 2.24) is 0 Å². The summed E-state index contributed by atoms with van der Waals surface area (Å²) < 4.78 is 0. The zero-order valence-electron chi connectivity index (χ0n) is 10.7. The highest BCUT2D eigenvalue weighted by Gasteiger charge is 2.18. The Bertz CT molecular complexity index is 354. The summed E-state index contributed by atoms with van der Waals surface area (Å²) in [6.07, 6.45) is 7.34. The summed E-state index contributed by atoms with van der Waals surface area (Å²) in [5.41, 5.74) is 2.87. The highest BCUT2D eigenvalue weighted by atomic mass is 16.1. The third-order valence-corrected chi connectivity index (χ3v) is 3.75. The minimum absolute atomic E-state index is 0.458. The molecule has 0 N–H and O–H groups in total. The Morgan fingerprint density at radius 1 is 1.06 bits per heavy atom. The third-order valence-electron chi connectivity index (χ3n) is 3.75. The molecule has 0 atom stereocenters. The van der Waals surface area contributed by atoms with Crippen molar-refractivity contribution >= 4 is 5.78 Å². The van der Waals surface area contributed by atoms with Gasteiger partial charge in [0.05, 0.1) is 0 Å². The van der Waals surface area contributed by atoms with Crippen LogP contribution in [0.2, 0.25) is 0 Å². The van der Waals surface area contributed by atoms with Gasteiger partial charge in [0.15, 0.2) is 0 Å². The first kappa shape index (κ1) is 12.3. The third kappa shape index (κ3) is 3.69. The van der Waals surface area contributed by atoms with Crippen LogP contribution in [0, 0.1) is 5.92 Å². The van der Waals surface area contributed by atoms with Crippen LogP contribution in [-0.4, -0.2) is 5.78 Å². The highest BCUT2D eigenvalue weighted by Crippen LogP contribution is 2.25. The molecule has 1 aliphatic rings. The second-order valence-electron chi connectivity index (χ2n) is 5.25. The van der Waals surface area contributed by atoms with E-state index in [9.17, 15) is 4.79 Å². The Morgan fingerprint density at radius 2 is 1.65 bits per heavy atom. The van der Waals surface area contributed by atoms with Gasteiger partial charge in [-0.15, -0.1) is 0 Å². The number of ketones is 1. The van der Waals surface area contributed by atoms with Gasteiger partial charge in [-0.2, -0.15) is 0 Å². The Hall–Kier alpha value is -1.11. The molecule has 1 aromatic rings. The lowest BCUT2D eigenvalue weighted by Gasteiger charge is -2.20. The average Bonchev–Trinajstić information content (AvgIpc) is 2.35. The summed E-state index contributed by atoms with van der Waals surface area (Å²) in [6, 6.07) is 9.04. The van der Waals surface area contributed by atoms with Crippen LogP contribution in [-0.2, 0) is 17.6 Å². The Labute approximate surface area is 104 Å². The van der Waals surface area contributed by atoms with E-state index >= 15 is 0 Å². The molecule has 0 amide bonds. The number of hydrogen-bond donors (Lipinski definition) is 0. The smallest absolute Gasteiger partial charge is 0.132 e. The minimum atomic E-state index is 0.458. The van der Waals surface area contributed by atoms with Crippen molar-refractivity contribution in [3.63, 3.8) is 0 Å². The summed E-state index contributed by atoms with van der Waals surface area (Å²) in [7, 11) is 0. The molecule has 1 saturated carbocycles. The number of Topliss-reactive ketones (excluding diaryl/α,β-unsaturated/α-hetero) is 1. The van der Waals surface area contributed by atoms with Crippen LogP contribution < -0.4 is 0 Å². The topological polar surface area (TPSA) is 17.1 Å². The predicted molar refractivity (Wildman–Crippen MR) is 71.1 cm³/mol. The monoisotopic (exact) mass is 230 g/mol. The van der Waals surface area contributed by atoms with Gasteiger partial charge in [0.2, 0.25) is 0 Å².